The minimum absolute atomic E-state index is 0. The molecule has 0 aromatic heterocycles. The van der Waals surface area contributed by atoms with Crippen LogP contribution in [0.15, 0.2) is 0 Å². The third-order valence-corrected chi connectivity index (χ3v) is 3.76. The zero-order valence-corrected chi connectivity index (χ0v) is 25.3. The Morgan fingerprint density at radius 1 is 0.349 bits per heavy atom. The second-order valence-electron chi connectivity index (χ2n) is 7.25. The van der Waals surface area contributed by atoms with Gasteiger partial charge < -0.3 is 123 Å². The third kappa shape index (κ3) is 25.1. The van der Waals surface area contributed by atoms with E-state index in [4.69, 9.17) is 15.3 Å². The van der Waals surface area contributed by atoms with Gasteiger partial charge in [0.05, 0.1) is 17.9 Å². The molecule has 0 aromatic rings. The molecule has 0 fully saturated rings. The summed E-state index contributed by atoms with van der Waals surface area (Å²) in [6.45, 7) is 0. The molecule has 0 spiro atoms. The van der Waals surface area contributed by atoms with Gasteiger partial charge in [-0.3, -0.25) is 0 Å². The molecule has 0 bridgehead atoms. The average Bonchev–Trinajstić information content (AvgIpc) is 2.64. The number of hydrogen-bond donors (Lipinski definition) is 6. The van der Waals surface area contributed by atoms with Crippen LogP contribution in [0.25, 0.3) is 0 Å². The molecular formula is C18H27N3O21W. The van der Waals surface area contributed by atoms with Crippen LogP contribution in [0.1, 0.15) is 38.5 Å². The number of carboxylic acid groups (broad SMARTS) is 9. The van der Waals surface area contributed by atoms with Crippen molar-refractivity contribution in [3.05, 3.63) is 0 Å². The maximum Gasteiger partial charge on any atom is 6.00 e. The van der Waals surface area contributed by atoms with E-state index in [1.54, 1.807) is 0 Å². The molecule has 24 nitrogen and oxygen atoms in total. The van der Waals surface area contributed by atoms with Gasteiger partial charge in [-0.05, 0) is 0 Å². The van der Waals surface area contributed by atoms with Gasteiger partial charge in [-0.25, -0.2) is 0 Å². The van der Waals surface area contributed by atoms with E-state index in [1.165, 1.54) is 0 Å². The molecule has 0 amide bonds. The Morgan fingerprint density at radius 3 is 0.488 bits per heavy atom. The maximum atomic E-state index is 10.1. The molecule has 15 N–H and O–H groups in total. The van der Waals surface area contributed by atoms with E-state index in [9.17, 15) is 89.1 Å². The number of carbonyl (C=O) groups excluding carboxylic acids is 9. The van der Waals surface area contributed by atoms with Gasteiger partial charge in [0.2, 0.25) is 0 Å². The van der Waals surface area contributed by atoms with Crippen LogP contribution >= 0.6 is 0 Å². The number of quaternary nitrogens is 3. The fourth-order valence-corrected chi connectivity index (χ4v) is 2.05. The molecule has 0 heterocycles. The van der Waals surface area contributed by atoms with Crippen molar-refractivity contribution in [3.63, 3.8) is 0 Å². The van der Waals surface area contributed by atoms with Crippen molar-refractivity contribution in [2.24, 2.45) is 0 Å². The summed E-state index contributed by atoms with van der Waals surface area (Å²) in [6.07, 6.45) is -8.15. The van der Waals surface area contributed by atoms with Crippen LogP contribution < -0.4 is 64.4 Å². The third-order valence-electron chi connectivity index (χ3n) is 3.76. The monoisotopic (exact) mass is 805 g/mol. The van der Waals surface area contributed by atoms with E-state index < -0.39 is 109 Å². The first kappa shape index (κ1) is 54.7. The van der Waals surface area contributed by atoms with E-state index in [0.717, 1.165) is 0 Å². The van der Waals surface area contributed by atoms with Crippen LogP contribution in [-0.4, -0.2) is 85.8 Å². The number of rotatable bonds is 15. The normalized spacial score (nSPS) is 9.84. The van der Waals surface area contributed by atoms with Crippen molar-refractivity contribution in [2.45, 2.75) is 55.3 Å². The van der Waals surface area contributed by atoms with Crippen molar-refractivity contribution >= 4 is 53.7 Å². The van der Waals surface area contributed by atoms with Crippen molar-refractivity contribution < 1.29 is 125 Å². The van der Waals surface area contributed by atoms with Crippen LogP contribution in [0.2, 0.25) is 0 Å². The first-order valence-corrected chi connectivity index (χ1v) is 9.34. The van der Waals surface area contributed by atoms with Gasteiger partial charge in [-0.2, -0.15) is 0 Å². The molecule has 0 aliphatic carbocycles. The molecule has 0 atom stereocenters. The number of carboxylic acids is 9. The molecule has 0 saturated carbocycles. The number of hydrogen-bond acceptors (Lipinski definition) is 21. The van der Waals surface area contributed by atoms with E-state index >= 15 is 0 Å². The van der Waals surface area contributed by atoms with Gasteiger partial charge in [0.25, 0.3) is 0 Å². The second-order valence-corrected chi connectivity index (χ2v) is 7.25. The number of aliphatic hydroxyl groups is 3. The second kappa shape index (κ2) is 23.3. The topological polar surface area (TPSA) is 531 Å². The summed E-state index contributed by atoms with van der Waals surface area (Å²) in [7, 11) is 0. The Bertz CT molecular complexity index is 828. The molecule has 0 aromatic carbocycles. The van der Waals surface area contributed by atoms with E-state index in [2.05, 4.69) is 0 Å². The van der Waals surface area contributed by atoms with Crippen LogP contribution in [-0.2, 0) is 64.2 Å². The van der Waals surface area contributed by atoms with Crippen molar-refractivity contribution in [1.29, 1.82) is 0 Å². The van der Waals surface area contributed by atoms with Gasteiger partial charge in [0.15, 0.2) is 0 Å². The van der Waals surface area contributed by atoms with Crippen LogP contribution in [0.3, 0.4) is 0 Å². The van der Waals surface area contributed by atoms with E-state index in [1.807, 2.05) is 0 Å². The van der Waals surface area contributed by atoms with E-state index in [-0.39, 0.29) is 39.5 Å². The molecule has 0 unspecified atom stereocenters. The quantitative estimate of drug-likeness (QED) is 0.0894. The fourth-order valence-electron chi connectivity index (χ4n) is 2.05. The van der Waals surface area contributed by atoms with Crippen LogP contribution in [0.5, 0.6) is 0 Å². The molecule has 246 valence electrons. The molecule has 43 heavy (non-hydrogen) atoms. The van der Waals surface area contributed by atoms with Gasteiger partial charge in [0.1, 0.15) is 16.8 Å². The zero-order valence-electron chi connectivity index (χ0n) is 22.3. The van der Waals surface area contributed by atoms with Crippen molar-refractivity contribution in [3.8, 4) is 0 Å². The SMILES string of the molecule is O=C([O-])CC(O)(CC(=O)[O-])C(=O)[O-].O=C([O-])CC(O)(CC(=O)[O-])C(=O)[O-].O=C([O-])CC(O)(CC(=O)[O-])C(=O)[O-].[NH4+].[NH4+].[NH4+].[W+6]. The molecule has 25 heteroatoms. The first-order valence-electron chi connectivity index (χ1n) is 9.34. The number of aliphatic carboxylic acids is 9. The molecule has 0 aliphatic rings. The smallest absolute Gasteiger partial charge is 0.550 e. The van der Waals surface area contributed by atoms with Crippen molar-refractivity contribution in [1.82, 2.24) is 18.5 Å². The fraction of sp³-hybridized carbons (Fsp3) is 0.500. The Labute approximate surface area is 253 Å². The van der Waals surface area contributed by atoms with Gasteiger partial charge in [0, 0.05) is 74.3 Å². The molecule has 0 radical (unpaired) electrons. The summed E-state index contributed by atoms with van der Waals surface area (Å²) < 4.78 is 0. The first-order chi connectivity index (χ1) is 17.3. The average molecular weight is 805 g/mol. The Kier molecular flexibility index (Phi) is 29.6. The molecule has 0 saturated heterocycles. The summed E-state index contributed by atoms with van der Waals surface area (Å²) in [5, 5.41) is 117. The minimum Gasteiger partial charge on any atom is -0.550 e. The Hall–Kier alpha value is -4.32. The summed E-state index contributed by atoms with van der Waals surface area (Å²) in [5.41, 5.74) is -8.92. The van der Waals surface area contributed by atoms with Gasteiger partial charge in [-0.15, -0.1) is 0 Å². The standard InChI is InChI=1S/3C6H8O7.3H3N.W/c3*7-3(8)1-6(13,5(11)12)2-4(9)10;;;;/h3*13H,1-2H2,(H,7,8)(H,9,10)(H,11,12);3*1H3;/q;;;;;;+6/p-6. The zero-order chi connectivity index (χ0) is 31.9. The number of carbonyl (C=O) groups is 9. The maximum absolute atomic E-state index is 10.1. The summed E-state index contributed by atoms with van der Waals surface area (Å²) >= 11 is 0. The van der Waals surface area contributed by atoms with Gasteiger partial charge in [-0.1, -0.05) is 0 Å². The predicted octanol–water partition coefficient (Wildman–Crippen LogP) is -14.6. The molecule has 0 aliphatic heterocycles. The van der Waals surface area contributed by atoms with Crippen LogP contribution in [0.4, 0.5) is 0 Å². The van der Waals surface area contributed by atoms with Crippen molar-refractivity contribution in [2.75, 3.05) is 0 Å². The van der Waals surface area contributed by atoms with Gasteiger partial charge >= 0.3 is 21.1 Å². The Balaban J connectivity index is -0.0000000864. The summed E-state index contributed by atoms with van der Waals surface area (Å²) in [5.74, 6) is -18.0. The Morgan fingerprint density at radius 2 is 0.442 bits per heavy atom. The summed E-state index contributed by atoms with van der Waals surface area (Å²) in [4.78, 5) is 90.0. The summed E-state index contributed by atoms with van der Waals surface area (Å²) in [6, 6.07) is 0. The van der Waals surface area contributed by atoms with E-state index in [0.29, 0.717) is 0 Å². The van der Waals surface area contributed by atoms with Crippen LogP contribution in [0, 0.1) is 0 Å². The largest absolute Gasteiger partial charge is 6.00 e. The predicted molar refractivity (Wildman–Crippen MR) is 106 cm³/mol. The minimum atomic E-state index is -2.97. The molecular weight excluding hydrogens is 778 g/mol. The molecule has 0 rings (SSSR count).